The summed E-state index contributed by atoms with van der Waals surface area (Å²) in [5, 5.41) is 2.59. The number of hydrogen-bond donors (Lipinski definition) is 1. The molecule has 2 amide bonds. The van der Waals surface area contributed by atoms with Crippen molar-refractivity contribution in [1.29, 1.82) is 0 Å². The third-order valence-electron chi connectivity index (χ3n) is 4.84. The first-order chi connectivity index (χ1) is 13.4. The van der Waals surface area contributed by atoms with E-state index < -0.39 is 42.6 Å². The summed E-state index contributed by atoms with van der Waals surface area (Å²) in [7, 11) is 0. The Morgan fingerprint density at radius 3 is 2.50 bits per heavy atom. The molecule has 3 rings (SSSR count). The maximum Gasteiger partial charge on any atom is 0.252 e. The summed E-state index contributed by atoms with van der Waals surface area (Å²) in [6.45, 7) is 0. The predicted molar refractivity (Wildman–Crippen MR) is 99.6 cm³/mol. The van der Waals surface area contributed by atoms with E-state index in [0.717, 1.165) is 16.5 Å². The number of amides is 2. The molecule has 0 aromatic heterocycles. The zero-order valence-corrected chi connectivity index (χ0v) is 15.2. The molecule has 1 unspecified atom stereocenters. The number of carbonyl (C=O) groups excluding carboxylic acids is 2. The molecule has 0 saturated heterocycles. The van der Waals surface area contributed by atoms with Gasteiger partial charge in [0.15, 0.2) is 0 Å². The van der Waals surface area contributed by atoms with Crippen LogP contribution in [0.3, 0.4) is 0 Å². The number of alkyl halides is 2. The fourth-order valence-corrected chi connectivity index (χ4v) is 3.36. The second-order valence-corrected chi connectivity index (χ2v) is 7.00. The Kier molecular flexibility index (Phi) is 6.02. The number of hydrogen-bond acceptors (Lipinski definition) is 2. The highest BCUT2D eigenvalue weighted by Crippen LogP contribution is 2.37. The van der Waals surface area contributed by atoms with Gasteiger partial charge in [-0.15, -0.1) is 0 Å². The summed E-state index contributed by atoms with van der Waals surface area (Å²) in [5.41, 5.74) is 1.21. The minimum atomic E-state index is -2.76. The average Bonchev–Trinajstić information content (AvgIpc) is 2.64. The van der Waals surface area contributed by atoms with E-state index in [0.29, 0.717) is 12.8 Å². The first-order valence-electron chi connectivity index (χ1n) is 9.09. The Morgan fingerprint density at radius 2 is 1.89 bits per heavy atom. The van der Waals surface area contributed by atoms with Gasteiger partial charge in [0, 0.05) is 24.6 Å². The lowest BCUT2D eigenvalue weighted by molar-refractivity contribution is -0.131. The molecule has 0 aliphatic heterocycles. The van der Waals surface area contributed by atoms with Crippen LogP contribution in [0.2, 0.25) is 0 Å². The minimum absolute atomic E-state index is 0.238. The number of halogens is 3. The lowest BCUT2D eigenvalue weighted by atomic mass is 9.88. The molecule has 1 aliphatic rings. The summed E-state index contributed by atoms with van der Waals surface area (Å²) < 4.78 is 39.8. The van der Waals surface area contributed by atoms with Crippen LogP contribution in [0.4, 0.5) is 18.9 Å². The van der Waals surface area contributed by atoms with Gasteiger partial charge in [-0.3, -0.25) is 9.59 Å². The number of benzene rings is 2. The van der Waals surface area contributed by atoms with Gasteiger partial charge in [-0.05, 0) is 36.6 Å². The molecule has 4 nitrogen and oxygen atoms in total. The summed E-state index contributed by atoms with van der Waals surface area (Å²) >= 11 is 0. The van der Waals surface area contributed by atoms with Gasteiger partial charge in [0.1, 0.15) is 11.9 Å². The normalized spacial score (nSPS) is 16.7. The van der Waals surface area contributed by atoms with Gasteiger partial charge in [-0.1, -0.05) is 36.4 Å². The zero-order valence-electron chi connectivity index (χ0n) is 15.2. The molecule has 1 atom stereocenters. The number of aryl methyl sites for hydroxylation is 1. The first kappa shape index (κ1) is 19.9. The van der Waals surface area contributed by atoms with Crippen molar-refractivity contribution in [3.05, 3.63) is 66.0 Å². The van der Waals surface area contributed by atoms with Crippen molar-refractivity contribution >= 4 is 18.0 Å². The van der Waals surface area contributed by atoms with Crippen molar-refractivity contribution in [3.63, 3.8) is 0 Å². The van der Waals surface area contributed by atoms with E-state index in [4.69, 9.17) is 0 Å². The van der Waals surface area contributed by atoms with Crippen molar-refractivity contribution < 1.29 is 22.8 Å². The second kappa shape index (κ2) is 8.46. The van der Waals surface area contributed by atoms with E-state index in [9.17, 15) is 22.8 Å². The van der Waals surface area contributed by atoms with E-state index in [1.54, 1.807) is 0 Å². The molecule has 148 valence electrons. The minimum Gasteiger partial charge on any atom is -0.351 e. The van der Waals surface area contributed by atoms with Crippen LogP contribution in [0.1, 0.15) is 24.8 Å². The molecule has 0 spiro atoms. The Hall–Kier alpha value is -2.83. The lowest BCUT2D eigenvalue weighted by Crippen LogP contribution is -2.56. The monoisotopic (exact) mass is 390 g/mol. The number of carbonyl (C=O) groups is 2. The maximum absolute atomic E-state index is 13.6. The van der Waals surface area contributed by atoms with E-state index in [2.05, 4.69) is 5.32 Å². The lowest BCUT2D eigenvalue weighted by Gasteiger charge is -2.37. The van der Waals surface area contributed by atoms with E-state index in [-0.39, 0.29) is 12.1 Å². The van der Waals surface area contributed by atoms with Crippen LogP contribution < -0.4 is 10.2 Å². The summed E-state index contributed by atoms with van der Waals surface area (Å²) in [5.74, 6) is -3.82. The molecule has 1 saturated carbocycles. The number of nitrogens with one attached hydrogen (secondary N) is 1. The van der Waals surface area contributed by atoms with Gasteiger partial charge in [-0.2, -0.15) is 0 Å². The second-order valence-electron chi connectivity index (χ2n) is 7.00. The molecule has 1 aliphatic carbocycles. The largest absolute Gasteiger partial charge is 0.351 e. The molecule has 0 heterocycles. The topological polar surface area (TPSA) is 49.4 Å². The van der Waals surface area contributed by atoms with Crippen LogP contribution in [-0.2, 0) is 16.0 Å². The molecule has 2 aromatic carbocycles. The highest BCUT2D eigenvalue weighted by molar-refractivity contribution is 5.92. The van der Waals surface area contributed by atoms with Gasteiger partial charge in [0.25, 0.3) is 5.92 Å². The highest BCUT2D eigenvalue weighted by atomic mass is 19.3. The molecule has 28 heavy (non-hydrogen) atoms. The van der Waals surface area contributed by atoms with Gasteiger partial charge in [0.05, 0.1) is 0 Å². The van der Waals surface area contributed by atoms with Crippen molar-refractivity contribution in [3.8, 4) is 0 Å². The van der Waals surface area contributed by atoms with Gasteiger partial charge < -0.3 is 10.2 Å². The molecule has 0 radical (unpaired) electrons. The van der Waals surface area contributed by atoms with Crippen LogP contribution in [0.25, 0.3) is 0 Å². The summed E-state index contributed by atoms with van der Waals surface area (Å²) in [6.07, 6.45) is 0.420. The molecule has 2 aromatic rings. The van der Waals surface area contributed by atoms with Gasteiger partial charge in [0.2, 0.25) is 12.3 Å². The fraction of sp³-hybridized carbons (Fsp3) is 0.333. The third kappa shape index (κ3) is 4.91. The standard InChI is InChI=1S/C21H21F3N2O2/c22-16-7-4-8-18(11-16)26(14-27)19(10-9-15-5-2-1-3-6-15)20(28)25-17-12-21(23,24)13-17/h1-8,11,14,17,19H,9-10,12-13H2,(H,25,28). The average molecular weight is 390 g/mol. The van der Waals surface area contributed by atoms with Crippen molar-refractivity contribution in [1.82, 2.24) is 5.32 Å². The summed E-state index contributed by atoms with van der Waals surface area (Å²) in [6, 6.07) is 13.2. The molecule has 1 N–H and O–H groups in total. The Balaban J connectivity index is 1.78. The van der Waals surface area contributed by atoms with Crippen LogP contribution in [0, 0.1) is 5.82 Å². The van der Waals surface area contributed by atoms with Crippen molar-refractivity contribution in [2.75, 3.05) is 4.90 Å². The SMILES string of the molecule is O=CN(c1cccc(F)c1)C(CCc1ccccc1)C(=O)NC1CC(F)(F)C1. The smallest absolute Gasteiger partial charge is 0.252 e. The molecule has 0 bridgehead atoms. The molecule has 1 fully saturated rings. The maximum atomic E-state index is 13.6. The van der Waals surface area contributed by atoms with Crippen molar-refractivity contribution in [2.45, 2.75) is 43.7 Å². The van der Waals surface area contributed by atoms with Crippen LogP contribution in [-0.4, -0.2) is 30.3 Å². The van der Waals surface area contributed by atoms with Crippen LogP contribution in [0.5, 0.6) is 0 Å². The molecular formula is C21H21F3N2O2. The van der Waals surface area contributed by atoms with Crippen LogP contribution >= 0.6 is 0 Å². The highest BCUT2D eigenvalue weighted by Gasteiger charge is 2.46. The van der Waals surface area contributed by atoms with E-state index in [1.807, 2.05) is 30.3 Å². The van der Waals surface area contributed by atoms with E-state index in [1.165, 1.54) is 18.2 Å². The van der Waals surface area contributed by atoms with E-state index >= 15 is 0 Å². The number of anilines is 1. The Labute approximate surface area is 161 Å². The predicted octanol–water partition coefficient (Wildman–Crippen LogP) is 3.70. The molecular weight excluding hydrogens is 369 g/mol. The summed E-state index contributed by atoms with van der Waals surface area (Å²) in [4.78, 5) is 25.7. The Morgan fingerprint density at radius 1 is 1.18 bits per heavy atom. The first-order valence-corrected chi connectivity index (χ1v) is 9.09. The quantitative estimate of drug-likeness (QED) is 0.699. The molecule has 7 heteroatoms. The van der Waals surface area contributed by atoms with Gasteiger partial charge >= 0.3 is 0 Å². The van der Waals surface area contributed by atoms with Crippen molar-refractivity contribution in [2.24, 2.45) is 0 Å². The third-order valence-corrected chi connectivity index (χ3v) is 4.84. The number of nitrogens with zero attached hydrogens (tertiary/aromatic N) is 1. The van der Waals surface area contributed by atoms with Gasteiger partial charge in [-0.25, -0.2) is 13.2 Å². The Bertz CT molecular complexity index is 821. The number of rotatable bonds is 8. The fourth-order valence-electron chi connectivity index (χ4n) is 3.36. The zero-order chi connectivity index (χ0) is 20.1. The van der Waals surface area contributed by atoms with Crippen LogP contribution in [0.15, 0.2) is 54.6 Å².